The molecule has 0 bridgehead atoms. The van der Waals surface area contributed by atoms with Gasteiger partial charge in [0.15, 0.2) is 22.6 Å². The minimum atomic E-state index is -3.74. The highest BCUT2D eigenvalue weighted by atomic mass is 19.3. The van der Waals surface area contributed by atoms with E-state index in [1.54, 1.807) is 35.0 Å². The number of hydrogen-bond acceptors (Lipinski definition) is 7. The van der Waals surface area contributed by atoms with Crippen molar-refractivity contribution in [1.29, 1.82) is 0 Å². The van der Waals surface area contributed by atoms with Gasteiger partial charge >= 0.3 is 12.3 Å². The lowest BCUT2D eigenvalue weighted by Crippen LogP contribution is -2.25. The van der Waals surface area contributed by atoms with Crippen molar-refractivity contribution in [3.63, 3.8) is 0 Å². The number of alkyl halides is 2. The maximum absolute atomic E-state index is 13.1. The number of rotatable bonds is 3. The zero-order chi connectivity index (χ0) is 23.2. The highest BCUT2D eigenvalue weighted by Gasteiger charge is 2.43. The molecule has 0 spiro atoms. The first-order valence-electron chi connectivity index (χ1n) is 9.49. The number of nitrogens with two attached hydrogens (primary N) is 1. The predicted octanol–water partition coefficient (Wildman–Crippen LogP) is 3.33. The van der Waals surface area contributed by atoms with E-state index in [1.807, 2.05) is 0 Å². The van der Waals surface area contributed by atoms with Crippen molar-refractivity contribution >= 4 is 34.3 Å². The number of carbonyl (C=O) groups excluding carboxylic acids is 1. The number of halogens is 2. The second kappa shape index (κ2) is 7.44. The molecule has 0 atom stereocenters. The number of nitrogen functional groups attached to an aromatic ring is 1. The zero-order valence-electron chi connectivity index (χ0n) is 16.6. The van der Waals surface area contributed by atoms with Crippen molar-refractivity contribution < 1.29 is 23.0 Å². The van der Waals surface area contributed by atoms with Crippen LogP contribution in [0.4, 0.5) is 30.8 Å². The fourth-order valence-corrected chi connectivity index (χ4v) is 3.34. The van der Waals surface area contributed by atoms with Crippen LogP contribution in [0, 0.1) is 0 Å². The number of urea groups is 1. The number of anilines is 3. The molecular formula is C21H14F2N6O4. The normalized spacial score (nSPS) is 13.6. The number of pyridine rings is 1. The van der Waals surface area contributed by atoms with E-state index in [4.69, 9.17) is 5.73 Å². The first-order chi connectivity index (χ1) is 15.8. The number of hydrogen-bond donors (Lipinski definition) is 3. The van der Waals surface area contributed by atoms with Crippen LogP contribution in [-0.2, 0) is 0 Å². The Morgan fingerprint density at radius 1 is 0.970 bits per heavy atom. The molecule has 0 aliphatic carbocycles. The molecule has 4 N–H and O–H groups in total. The lowest BCUT2D eigenvalue weighted by Gasteiger charge is -2.12. The molecule has 166 valence electrons. The van der Waals surface area contributed by atoms with E-state index in [2.05, 4.69) is 30.1 Å². The molecule has 0 fully saturated rings. The van der Waals surface area contributed by atoms with Gasteiger partial charge in [0.25, 0.3) is 0 Å². The Kier molecular flexibility index (Phi) is 4.55. The van der Waals surface area contributed by atoms with Crippen LogP contribution < -0.4 is 31.3 Å². The summed E-state index contributed by atoms with van der Waals surface area (Å²) in [5.41, 5.74) is 7.24. The molecule has 1 aliphatic rings. The molecule has 4 aromatic rings. The van der Waals surface area contributed by atoms with Crippen LogP contribution in [-0.4, -0.2) is 26.9 Å². The highest BCUT2D eigenvalue weighted by molar-refractivity contribution is 6.00. The lowest BCUT2D eigenvalue weighted by atomic mass is 10.2. The molecular weight excluding hydrogens is 438 g/mol. The van der Waals surface area contributed by atoms with E-state index >= 15 is 0 Å². The van der Waals surface area contributed by atoms with Crippen molar-refractivity contribution in [2.75, 3.05) is 16.4 Å². The number of carbonyl (C=O) groups is 1. The van der Waals surface area contributed by atoms with Gasteiger partial charge in [-0.2, -0.15) is 0 Å². The SMILES string of the molecule is Nc1ncnc2c1c(=O)ccn2-c1ccc(NC(=O)Nc2ccc3c(c2)OC(F)(F)O3)cc1. The standard InChI is InChI=1S/C21H14F2N6O4/c22-21(23)32-15-6-3-12(9-16(15)33-21)28-20(31)27-11-1-4-13(5-2-11)29-8-7-14(30)17-18(24)25-10-26-19(17)29/h1-10H,(H2,24,25,26)(H2,27,28,31). The fourth-order valence-electron chi connectivity index (χ4n) is 3.34. The third-order valence-electron chi connectivity index (χ3n) is 4.77. The quantitative estimate of drug-likeness (QED) is 0.434. The summed E-state index contributed by atoms with van der Waals surface area (Å²) < 4.78 is 36.6. The van der Waals surface area contributed by atoms with E-state index in [1.165, 1.54) is 30.6 Å². The van der Waals surface area contributed by atoms with Gasteiger partial charge in [-0.15, -0.1) is 8.78 Å². The Morgan fingerprint density at radius 3 is 2.45 bits per heavy atom. The smallest absolute Gasteiger partial charge is 0.395 e. The summed E-state index contributed by atoms with van der Waals surface area (Å²) in [5, 5.41) is 5.37. The van der Waals surface area contributed by atoms with Gasteiger partial charge in [0, 0.05) is 35.4 Å². The van der Waals surface area contributed by atoms with Gasteiger partial charge in [-0.1, -0.05) is 0 Å². The van der Waals surface area contributed by atoms with Gasteiger partial charge in [-0.05, 0) is 36.4 Å². The Labute approximate surface area is 183 Å². The topological polar surface area (TPSA) is 133 Å². The minimum absolute atomic E-state index is 0.0848. The Bertz CT molecular complexity index is 1460. The summed E-state index contributed by atoms with van der Waals surface area (Å²) in [6.45, 7) is 0. The molecule has 10 nitrogen and oxygen atoms in total. The summed E-state index contributed by atoms with van der Waals surface area (Å²) in [6.07, 6.45) is -0.902. The van der Waals surface area contributed by atoms with Gasteiger partial charge in [-0.25, -0.2) is 14.8 Å². The number of aromatic nitrogens is 3. The zero-order valence-corrected chi connectivity index (χ0v) is 16.6. The van der Waals surface area contributed by atoms with Crippen LogP contribution in [0.3, 0.4) is 0 Å². The van der Waals surface area contributed by atoms with E-state index in [0.717, 1.165) is 0 Å². The first-order valence-corrected chi connectivity index (χ1v) is 9.49. The number of fused-ring (bicyclic) bond motifs is 2. The van der Waals surface area contributed by atoms with Crippen molar-refractivity contribution in [1.82, 2.24) is 14.5 Å². The number of benzene rings is 2. The fraction of sp³-hybridized carbons (Fsp3) is 0.0476. The molecule has 0 radical (unpaired) electrons. The first kappa shape index (κ1) is 20.2. The molecule has 0 saturated heterocycles. The number of nitrogens with one attached hydrogen (secondary N) is 2. The van der Waals surface area contributed by atoms with Crippen LogP contribution in [0.1, 0.15) is 0 Å². The van der Waals surface area contributed by atoms with E-state index in [9.17, 15) is 18.4 Å². The molecule has 3 heterocycles. The maximum Gasteiger partial charge on any atom is 0.586 e. The average molecular weight is 452 g/mol. The monoisotopic (exact) mass is 452 g/mol. The molecule has 12 heteroatoms. The molecule has 2 aromatic heterocycles. The molecule has 0 saturated carbocycles. The largest absolute Gasteiger partial charge is 0.586 e. The summed E-state index contributed by atoms with van der Waals surface area (Å²) in [7, 11) is 0. The minimum Gasteiger partial charge on any atom is -0.395 e. The van der Waals surface area contributed by atoms with Gasteiger partial charge in [-0.3, -0.25) is 4.79 Å². The number of amides is 2. The second-order valence-electron chi connectivity index (χ2n) is 6.96. The van der Waals surface area contributed by atoms with Crippen LogP contribution in [0.25, 0.3) is 16.7 Å². The summed E-state index contributed by atoms with van der Waals surface area (Å²) >= 11 is 0. The van der Waals surface area contributed by atoms with Crippen LogP contribution in [0.15, 0.2) is 65.8 Å². The Hall–Kier alpha value is -4.74. The van der Waals surface area contributed by atoms with Gasteiger partial charge < -0.3 is 30.4 Å². The summed E-state index contributed by atoms with van der Waals surface area (Å²) in [6, 6.07) is 11.4. The van der Waals surface area contributed by atoms with Gasteiger partial charge in [0.2, 0.25) is 0 Å². The third kappa shape index (κ3) is 3.84. The Morgan fingerprint density at radius 2 is 1.67 bits per heavy atom. The van der Waals surface area contributed by atoms with Crippen molar-refractivity contribution in [2.24, 2.45) is 0 Å². The molecule has 2 aromatic carbocycles. The van der Waals surface area contributed by atoms with Crippen LogP contribution >= 0.6 is 0 Å². The average Bonchev–Trinajstić information content (AvgIpc) is 3.08. The molecule has 5 rings (SSSR count). The van der Waals surface area contributed by atoms with Crippen LogP contribution in [0.5, 0.6) is 11.5 Å². The molecule has 33 heavy (non-hydrogen) atoms. The lowest BCUT2D eigenvalue weighted by molar-refractivity contribution is -0.286. The summed E-state index contributed by atoms with van der Waals surface area (Å²) in [5.74, 6) is -0.217. The number of nitrogens with zero attached hydrogens (tertiary/aromatic N) is 3. The van der Waals surface area contributed by atoms with E-state index in [0.29, 0.717) is 17.0 Å². The van der Waals surface area contributed by atoms with Crippen molar-refractivity contribution in [3.8, 4) is 17.2 Å². The second-order valence-corrected chi connectivity index (χ2v) is 6.96. The van der Waals surface area contributed by atoms with Gasteiger partial charge in [0.1, 0.15) is 17.5 Å². The predicted molar refractivity (Wildman–Crippen MR) is 115 cm³/mol. The molecule has 0 unspecified atom stereocenters. The molecule has 2 amide bonds. The van der Waals surface area contributed by atoms with E-state index < -0.39 is 12.3 Å². The summed E-state index contributed by atoms with van der Waals surface area (Å²) in [4.78, 5) is 32.4. The highest BCUT2D eigenvalue weighted by Crippen LogP contribution is 2.42. The Balaban J connectivity index is 1.32. The van der Waals surface area contributed by atoms with Crippen molar-refractivity contribution in [2.45, 2.75) is 6.29 Å². The maximum atomic E-state index is 13.1. The third-order valence-corrected chi connectivity index (χ3v) is 4.77. The van der Waals surface area contributed by atoms with Crippen molar-refractivity contribution in [3.05, 3.63) is 71.3 Å². The van der Waals surface area contributed by atoms with Gasteiger partial charge in [0.05, 0.1) is 0 Å². The van der Waals surface area contributed by atoms with Crippen LogP contribution in [0.2, 0.25) is 0 Å². The van der Waals surface area contributed by atoms with E-state index in [-0.39, 0.29) is 33.8 Å². The number of ether oxygens (including phenoxy) is 2. The molecule has 1 aliphatic heterocycles.